The first-order chi connectivity index (χ1) is 10.8. The highest BCUT2D eigenvalue weighted by Gasteiger charge is 2.34. The van der Waals surface area contributed by atoms with Gasteiger partial charge in [0.05, 0.1) is 5.69 Å². The first-order valence-corrected chi connectivity index (χ1v) is 7.79. The van der Waals surface area contributed by atoms with Gasteiger partial charge in [-0.1, -0.05) is 19.9 Å². The molecule has 1 aromatic carbocycles. The number of nitrogens with zero attached hydrogens (tertiary/aromatic N) is 2. The lowest BCUT2D eigenvalue weighted by molar-refractivity contribution is -0.147. The van der Waals surface area contributed by atoms with Crippen LogP contribution in [0.1, 0.15) is 27.2 Å². The number of piperidine rings is 1. The fourth-order valence-electron chi connectivity index (χ4n) is 3.17. The lowest BCUT2D eigenvalue weighted by Gasteiger charge is -2.35. The van der Waals surface area contributed by atoms with Crippen molar-refractivity contribution in [2.24, 2.45) is 11.8 Å². The van der Waals surface area contributed by atoms with Gasteiger partial charge in [0.2, 0.25) is 5.91 Å². The lowest BCUT2D eigenvalue weighted by Crippen LogP contribution is -2.51. The van der Waals surface area contributed by atoms with Gasteiger partial charge in [-0.15, -0.1) is 0 Å². The summed E-state index contributed by atoms with van der Waals surface area (Å²) in [4.78, 5) is 39.5. The van der Waals surface area contributed by atoms with E-state index in [1.165, 1.54) is 13.0 Å². The number of likely N-dealkylation sites (tertiary alicyclic amines) is 1. The van der Waals surface area contributed by atoms with Crippen molar-refractivity contribution in [2.75, 3.05) is 23.7 Å². The van der Waals surface area contributed by atoms with Gasteiger partial charge >= 0.3 is 11.8 Å². The molecule has 2 unspecified atom stereocenters. The number of carbonyl (C=O) groups excluding carboxylic acids is 3. The SMILES string of the molecule is CC(=O)N(C(=O)C(=O)N1CC(C)CC(C)C1)c1cccc(N)c1. The van der Waals surface area contributed by atoms with Crippen LogP contribution in [0.2, 0.25) is 0 Å². The van der Waals surface area contributed by atoms with Crippen LogP contribution in [-0.4, -0.2) is 35.7 Å². The zero-order chi connectivity index (χ0) is 17.1. The average molecular weight is 317 g/mol. The van der Waals surface area contributed by atoms with E-state index in [2.05, 4.69) is 13.8 Å². The monoisotopic (exact) mass is 317 g/mol. The molecule has 1 heterocycles. The van der Waals surface area contributed by atoms with E-state index in [1.807, 2.05) is 0 Å². The number of imide groups is 1. The zero-order valence-corrected chi connectivity index (χ0v) is 13.8. The topological polar surface area (TPSA) is 83.7 Å². The van der Waals surface area contributed by atoms with Gasteiger partial charge in [0.25, 0.3) is 0 Å². The predicted octanol–water partition coefficient (Wildman–Crippen LogP) is 1.65. The average Bonchev–Trinajstić information content (AvgIpc) is 2.45. The van der Waals surface area contributed by atoms with E-state index in [-0.39, 0.29) is 0 Å². The second kappa shape index (κ2) is 6.81. The van der Waals surface area contributed by atoms with Crippen molar-refractivity contribution in [3.63, 3.8) is 0 Å². The Morgan fingerprint density at radius 1 is 1.17 bits per heavy atom. The highest BCUT2D eigenvalue weighted by Crippen LogP contribution is 2.23. The molecular formula is C17H23N3O3. The molecule has 2 atom stereocenters. The summed E-state index contributed by atoms with van der Waals surface area (Å²) in [6.45, 7) is 6.45. The van der Waals surface area contributed by atoms with Gasteiger partial charge in [-0.25, -0.2) is 4.90 Å². The molecule has 0 aromatic heterocycles. The van der Waals surface area contributed by atoms with E-state index in [4.69, 9.17) is 5.73 Å². The van der Waals surface area contributed by atoms with Gasteiger partial charge in [0.15, 0.2) is 0 Å². The Morgan fingerprint density at radius 3 is 2.30 bits per heavy atom. The van der Waals surface area contributed by atoms with Crippen molar-refractivity contribution in [3.8, 4) is 0 Å². The summed E-state index contributed by atoms with van der Waals surface area (Å²) in [6.07, 6.45) is 1.03. The van der Waals surface area contributed by atoms with Crippen LogP contribution < -0.4 is 10.6 Å². The molecule has 1 aromatic rings. The molecule has 0 spiro atoms. The summed E-state index contributed by atoms with van der Waals surface area (Å²) in [5, 5.41) is 0. The number of nitrogens with two attached hydrogens (primary N) is 1. The minimum absolute atomic E-state index is 0.314. The summed E-state index contributed by atoms with van der Waals surface area (Å²) in [5.41, 5.74) is 6.45. The van der Waals surface area contributed by atoms with E-state index in [0.29, 0.717) is 36.3 Å². The number of nitrogen functional groups attached to an aromatic ring is 1. The van der Waals surface area contributed by atoms with Crippen molar-refractivity contribution in [3.05, 3.63) is 24.3 Å². The molecule has 2 rings (SSSR count). The van der Waals surface area contributed by atoms with Gasteiger partial charge in [0.1, 0.15) is 0 Å². The molecule has 124 valence electrons. The quantitative estimate of drug-likeness (QED) is 0.630. The van der Waals surface area contributed by atoms with E-state index >= 15 is 0 Å². The van der Waals surface area contributed by atoms with Gasteiger partial charge < -0.3 is 10.6 Å². The first-order valence-electron chi connectivity index (χ1n) is 7.79. The van der Waals surface area contributed by atoms with Crippen LogP contribution in [-0.2, 0) is 14.4 Å². The van der Waals surface area contributed by atoms with Crippen LogP contribution in [0.15, 0.2) is 24.3 Å². The number of anilines is 2. The highest BCUT2D eigenvalue weighted by atomic mass is 16.2. The molecule has 1 saturated heterocycles. The van der Waals surface area contributed by atoms with Gasteiger partial charge in [-0.3, -0.25) is 14.4 Å². The fraction of sp³-hybridized carbons (Fsp3) is 0.471. The first kappa shape index (κ1) is 17.0. The van der Waals surface area contributed by atoms with Crippen molar-refractivity contribution in [1.82, 2.24) is 4.90 Å². The third kappa shape index (κ3) is 3.88. The van der Waals surface area contributed by atoms with E-state index in [0.717, 1.165) is 11.3 Å². The number of benzene rings is 1. The molecule has 0 bridgehead atoms. The second-order valence-electron chi connectivity index (χ2n) is 6.41. The van der Waals surface area contributed by atoms with E-state index in [9.17, 15) is 14.4 Å². The largest absolute Gasteiger partial charge is 0.399 e. The number of hydrogen-bond acceptors (Lipinski definition) is 4. The molecule has 23 heavy (non-hydrogen) atoms. The summed E-state index contributed by atoms with van der Waals surface area (Å²) in [7, 11) is 0. The highest BCUT2D eigenvalue weighted by molar-refractivity contribution is 6.45. The molecule has 0 radical (unpaired) electrons. The van der Waals surface area contributed by atoms with Gasteiger partial charge in [-0.2, -0.15) is 0 Å². The molecule has 6 heteroatoms. The second-order valence-corrected chi connectivity index (χ2v) is 6.41. The molecule has 6 nitrogen and oxygen atoms in total. The minimum Gasteiger partial charge on any atom is -0.399 e. The Labute approximate surface area is 136 Å². The normalized spacial score (nSPS) is 20.9. The number of amides is 3. The van der Waals surface area contributed by atoms with Crippen LogP contribution in [0.5, 0.6) is 0 Å². The minimum atomic E-state index is -0.829. The van der Waals surface area contributed by atoms with Crippen LogP contribution >= 0.6 is 0 Å². The smallest absolute Gasteiger partial charge is 0.323 e. The van der Waals surface area contributed by atoms with Crippen LogP contribution in [0.25, 0.3) is 0 Å². The zero-order valence-electron chi connectivity index (χ0n) is 13.8. The van der Waals surface area contributed by atoms with Crippen molar-refractivity contribution in [2.45, 2.75) is 27.2 Å². The predicted molar refractivity (Wildman–Crippen MR) is 88.5 cm³/mol. The Bertz CT molecular complexity index is 619. The summed E-state index contributed by atoms with van der Waals surface area (Å²) in [6, 6.07) is 6.39. The standard InChI is InChI=1S/C17H23N3O3/c1-11-7-12(2)10-19(9-11)16(22)17(23)20(13(3)21)15-6-4-5-14(18)8-15/h4-6,8,11-12H,7,9-10,18H2,1-3H3. The van der Waals surface area contributed by atoms with Crippen molar-refractivity contribution < 1.29 is 14.4 Å². The third-order valence-corrected chi connectivity index (χ3v) is 3.99. The molecule has 1 aliphatic rings. The molecule has 2 N–H and O–H groups in total. The Hall–Kier alpha value is -2.37. The lowest BCUT2D eigenvalue weighted by atomic mass is 9.92. The number of carbonyl (C=O) groups is 3. The third-order valence-electron chi connectivity index (χ3n) is 3.99. The van der Waals surface area contributed by atoms with E-state index in [1.54, 1.807) is 23.1 Å². The van der Waals surface area contributed by atoms with Crippen LogP contribution in [0, 0.1) is 11.8 Å². The molecule has 0 saturated carbocycles. The van der Waals surface area contributed by atoms with Crippen LogP contribution in [0.4, 0.5) is 11.4 Å². The molecule has 3 amide bonds. The molecule has 1 fully saturated rings. The molecule has 1 aliphatic heterocycles. The summed E-state index contributed by atoms with van der Waals surface area (Å²) < 4.78 is 0. The van der Waals surface area contributed by atoms with Crippen LogP contribution in [0.3, 0.4) is 0 Å². The van der Waals surface area contributed by atoms with Crippen molar-refractivity contribution in [1.29, 1.82) is 0 Å². The molecule has 0 aliphatic carbocycles. The maximum atomic E-state index is 12.6. The maximum Gasteiger partial charge on any atom is 0.323 e. The van der Waals surface area contributed by atoms with Crippen molar-refractivity contribution >= 4 is 29.1 Å². The maximum absolute atomic E-state index is 12.6. The fourth-order valence-corrected chi connectivity index (χ4v) is 3.17. The Morgan fingerprint density at radius 2 is 1.78 bits per heavy atom. The summed E-state index contributed by atoms with van der Waals surface area (Å²) in [5.74, 6) is -1.29. The Balaban J connectivity index is 2.24. The number of hydrogen-bond donors (Lipinski definition) is 1. The number of rotatable bonds is 1. The van der Waals surface area contributed by atoms with Gasteiger partial charge in [0, 0.05) is 25.7 Å². The van der Waals surface area contributed by atoms with E-state index < -0.39 is 17.7 Å². The Kier molecular flexibility index (Phi) is 5.03. The molecular weight excluding hydrogens is 294 g/mol. The van der Waals surface area contributed by atoms with Gasteiger partial charge in [-0.05, 0) is 36.5 Å². The summed E-state index contributed by atoms with van der Waals surface area (Å²) >= 11 is 0.